The van der Waals surface area contributed by atoms with Crippen LogP contribution in [-0.4, -0.2) is 24.7 Å². The molecule has 1 aliphatic heterocycles. The van der Waals surface area contributed by atoms with E-state index in [4.69, 9.17) is 9.57 Å². The molecule has 1 aliphatic rings. The van der Waals surface area contributed by atoms with Gasteiger partial charge in [-0.15, -0.1) is 0 Å². The van der Waals surface area contributed by atoms with Gasteiger partial charge in [0.25, 0.3) is 5.69 Å². The normalized spacial score (nSPS) is 19.2. The lowest BCUT2D eigenvalue weighted by atomic mass is 10.1. The summed E-state index contributed by atoms with van der Waals surface area (Å²) in [5, 5.41) is 10.7. The summed E-state index contributed by atoms with van der Waals surface area (Å²) in [5.41, 5.74) is 3.01. The van der Waals surface area contributed by atoms with E-state index in [0.717, 1.165) is 13.0 Å². The quantitative estimate of drug-likeness (QED) is 0.627. The largest absolute Gasteiger partial charge is 0.381 e. The second-order valence-electron chi connectivity index (χ2n) is 3.92. The van der Waals surface area contributed by atoms with Gasteiger partial charge in [-0.05, 0) is 12.5 Å². The molecule has 0 bridgehead atoms. The van der Waals surface area contributed by atoms with E-state index in [0.29, 0.717) is 24.8 Å². The van der Waals surface area contributed by atoms with Crippen LogP contribution in [0.5, 0.6) is 0 Å². The van der Waals surface area contributed by atoms with Crippen LogP contribution in [0.25, 0.3) is 0 Å². The van der Waals surface area contributed by atoms with E-state index in [9.17, 15) is 10.1 Å². The fraction of sp³-hybridized carbons (Fsp3) is 0.455. The molecule has 0 aliphatic carbocycles. The van der Waals surface area contributed by atoms with Gasteiger partial charge in [-0.1, -0.05) is 12.1 Å². The summed E-state index contributed by atoms with van der Waals surface area (Å²) in [6.07, 6.45) is 0.971. The first-order valence-corrected chi connectivity index (χ1v) is 5.46. The van der Waals surface area contributed by atoms with E-state index in [1.807, 2.05) is 0 Å². The molecule has 1 fully saturated rings. The van der Waals surface area contributed by atoms with Gasteiger partial charge in [0, 0.05) is 18.6 Å². The van der Waals surface area contributed by atoms with Crippen LogP contribution in [0.3, 0.4) is 0 Å². The number of ether oxygens (including phenoxy) is 1. The van der Waals surface area contributed by atoms with Crippen LogP contribution in [0, 0.1) is 16.0 Å². The molecule has 17 heavy (non-hydrogen) atoms. The summed E-state index contributed by atoms with van der Waals surface area (Å²) in [4.78, 5) is 15.6. The molecule has 1 aromatic rings. The van der Waals surface area contributed by atoms with Gasteiger partial charge in [-0.25, -0.2) is 0 Å². The number of nitro groups is 1. The number of para-hydroxylation sites is 2. The summed E-state index contributed by atoms with van der Waals surface area (Å²) in [5.74, 6) is 0.366. The third-order valence-corrected chi connectivity index (χ3v) is 2.63. The second-order valence-corrected chi connectivity index (χ2v) is 3.92. The number of nitrogens with one attached hydrogen (secondary N) is 1. The number of nitrogens with zero attached hydrogens (tertiary/aromatic N) is 1. The lowest BCUT2D eigenvalue weighted by Gasteiger charge is -2.10. The summed E-state index contributed by atoms with van der Waals surface area (Å²) in [6, 6.07) is 6.39. The zero-order chi connectivity index (χ0) is 12.1. The second kappa shape index (κ2) is 5.60. The molecular formula is C11H14N2O4. The fourth-order valence-corrected chi connectivity index (χ4v) is 1.67. The average Bonchev–Trinajstić information content (AvgIpc) is 2.82. The van der Waals surface area contributed by atoms with Crippen molar-refractivity contribution in [3.8, 4) is 0 Å². The van der Waals surface area contributed by atoms with Gasteiger partial charge in [-0.3, -0.25) is 20.4 Å². The minimum atomic E-state index is -0.440. The molecule has 2 rings (SSSR count). The highest BCUT2D eigenvalue weighted by Crippen LogP contribution is 2.23. The van der Waals surface area contributed by atoms with Gasteiger partial charge in [0.15, 0.2) is 0 Å². The van der Waals surface area contributed by atoms with E-state index in [1.165, 1.54) is 6.07 Å². The van der Waals surface area contributed by atoms with Crippen molar-refractivity contribution in [1.82, 2.24) is 0 Å². The van der Waals surface area contributed by atoms with Crippen LogP contribution in [0.2, 0.25) is 0 Å². The highest BCUT2D eigenvalue weighted by atomic mass is 16.6. The van der Waals surface area contributed by atoms with Gasteiger partial charge in [-0.2, -0.15) is 0 Å². The van der Waals surface area contributed by atoms with Crippen molar-refractivity contribution in [1.29, 1.82) is 0 Å². The van der Waals surface area contributed by atoms with Crippen molar-refractivity contribution in [3.05, 3.63) is 34.4 Å². The Labute approximate surface area is 98.6 Å². The first kappa shape index (κ1) is 11.8. The molecule has 1 unspecified atom stereocenters. The predicted octanol–water partition coefficient (Wildman–Crippen LogP) is 1.97. The van der Waals surface area contributed by atoms with Crippen LogP contribution in [-0.2, 0) is 9.57 Å². The zero-order valence-corrected chi connectivity index (χ0v) is 9.30. The number of nitro benzene ring substituents is 1. The minimum absolute atomic E-state index is 0.00942. The molecule has 1 atom stereocenters. The average molecular weight is 238 g/mol. The minimum Gasteiger partial charge on any atom is -0.381 e. The smallest absolute Gasteiger partial charge is 0.294 e. The Balaban J connectivity index is 1.87. The third kappa shape index (κ3) is 3.15. The number of hydrogen-bond acceptors (Lipinski definition) is 5. The van der Waals surface area contributed by atoms with E-state index in [1.54, 1.807) is 18.2 Å². The predicted molar refractivity (Wildman–Crippen MR) is 61.6 cm³/mol. The molecule has 0 spiro atoms. The zero-order valence-electron chi connectivity index (χ0n) is 9.30. The van der Waals surface area contributed by atoms with Gasteiger partial charge < -0.3 is 4.74 Å². The lowest BCUT2D eigenvalue weighted by molar-refractivity contribution is -0.384. The van der Waals surface area contributed by atoms with Crippen molar-refractivity contribution in [2.75, 3.05) is 25.3 Å². The summed E-state index contributed by atoms with van der Waals surface area (Å²) >= 11 is 0. The molecular weight excluding hydrogens is 224 g/mol. The number of benzene rings is 1. The van der Waals surface area contributed by atoms with Crippen molar-refractivity contribution in [2.45, 2.75) is 6.42 Å². The molecule has 0 radical (unpaired) electrons. The van der Waals surface area contributed by atoms with Crippen molar-refractivity contribution >= 4 is 11.4 Å². The van der Waals surface area contributed by atoms with Crippen molar-refractivity contribution < 1.29 is 14.5 Å². The summed E-state index contributed by atoms with van der Waals surface area (Å²) in [6.45, 7) is 1.95. The summed E-state index contributed by atoms with van der Waals surface area (Å²) in [7, 11) is 0. The molecule has 0 aromatic heterocycles. The van der Waals surface area contributed by atoms with Crippen LogP contribution in [0.1, 0.15) is 6.42 Å². The van der Waals surface area contributed by atoms with E-state index in [-0.39, 0.29) is 5.69 Å². The fourth-order valence-electron chi connectivity index (χ4n) is 1.67. The highest BCUT2D eigenvalue weighted by molar-refractivity contribution is 5.59. The van der Waals surface area contributed by atoms with Gasteiger partial charge in [0.1, 0.15) is 5.69 Å². The van der Waals surface area contributed by atoms with Crippen LogP contribution >= 0.6 is 0 Å². The Kier molecular flexibility index (Phi) is 3.89. The SMILES string of the molecule is O=[N+]([O-])c1ccccc1NOCC1CCOC1. The maximum absolute atomic E-state index is 10.7. The molecule has 1 N–H and O–H groups in total. The van der Waals surface area contributed by atoms with E-state index < -0.39 is 4.92 Å². The lowest BCUT2D eigenvalue weighted by Crippen LogP contribution is -2.13. The third-order valence-electron chi connectivity index (χ3n) is 2.63. The van der Waals surface area contributed by atoms with Gasteiger partial charge in [0.2, 0.25) is 0 Å². The maximum atomic E-state index is 10.7. The van der Waals surface area contributed by atoms with Crippen LogP contribution in [0.4, 0.5) is 11.4 Å². The Hall–Kier alpha value is -1.66. The molecule has 1 aromatic carbocycles. The molecule has 92 valence electrons. The monoisotopic (exact) mass is 238 g/mol. The number of anilines is 1. The number of rotatable bonds is 5. The first-order valence-electron chi connectivity index (χ1n) is 5.46. The first-order chi connectivity index (χ1) is 8.27. The Morgan fingerprint density at radius 1 is 1.53 bits per heavy atom. The van der Waals surface area contributed by atoms with E-state index >= 15 is 0 Å². The molecule has 0 saturated carbocycles. The number of hydrogen-bond donors (Lipinski definition) is 1. The van der Waals surface area contributed by atoms with Crippen LogP contribution < -0.4 is 5.48 Å². The van der Waals surface area contributed by atoms with E-state index in [2.05, 4.69) is 5.48 Å². The van der Waals surface area contributed by atoms with Gasteiger partial charge in [0.05, 0.1) is 18.1 Å². The summed E-state index contributed by atoms with van der Waals surface area (Å²) < 4.78 is 5.21. The Bertz CT molecular complexity index is 391. The molecule has 0 amide bonds. The van der Waals surface area contributed by atoms with Crippen molar-refractivity contribution in [3.63, 3.8) is 0 Å². The molecule has 1 saturated heterocycles. The molecule has 1 heterocycles. The van der Waals surface area contributed by atoms with Gasteiger partial charge >= 0.3 is 0 Å². The molecule has 6 nitrogen and oxygen atoms in total. The maximum Gasteiger partial charge on any atom is 0.294 e. The molecule has 6 heteroatoms. The Morgan fingerprint density at radius 3 is 3.06 bits per heavy atom. The topological polar surface area (TPSA) is 73.6 Å². The van der Waals surface area contributed by atoms with Crippen molar-refractivity contribution in [2.24, 2.45) is 5.92 Å². The highest BCUT2D eigenvalue weighted by Gasteiger charge is 2.17. The Morgan fingerprint density at radius 2 is 2.35 bits per heavy atom. The standard InChI is InChI=1S/C11H14N2O4/c14-13(15)11-4-2-1-3-10(11)12-17-8-9-5-6-16-7-9/h1-4,9,12H,5-8H2. The van der Waals surface area contributed by atoms with Crippen LogP contribution in [0.15, 0.2) is 24.3 Å².